The first kappa shape index (κ1) is 24.8. The monoisotopic (exact) mass is 515 g/mol. The standard InChI is InChI=1S/C25H30BrN3O4/c1-2-3-15-33-22-14-11-19(26)16-21(22)25(32)29-28-24(31)18-9-12-20(13-10-18)27-23(30)17-7-5-4-6-8-17/h9-14,16-17H,2-8,15H2,1H3,(H,27,30)(H,28,31)(H,29,32). The van der Waals surface area contributed by atoms with E-state index in [-0.39, 0.29) is 11.8 Å². The van der Waals surface area contributed by atoms with Crippen LogP contribution in [0.5, 0.6) is 5.75 Å². The summed E-state index contributed by atoms with van der Waals surface area (Å²) < 4.78 is 6.43. The van der Waals surface area contributed by atoms with Crippen LogP contribution in [0.15, 0.2) is 46.9 Å². The van der Waals surface area contributed by atoms with Crippen LogP contribution < -0.4 is 20.9 Å². The normalized spacial score (nSPS) is 13.8. The van der Waals surface area contributed by atoms with Crippen LogP contribution >= 0.6 is 15.9 Å². The lowest BCUT2D eigenvalue weighted by molar-refractivity contribution is -0.120. The fraction of sp³-hybridized carbons (Fsp3) is 0.400. The lowest BCUT2D eigenvalue weighted by Gasteiger charge is -2.20. The van der Waals surface area contributed by atoms with E-state index in [0.29, 0.717) is 29.2 Å². The number of nitrogens with one attached hydrogen (secondary N) is 3. The number of carbonyl (C=O) groups is 3. The second-order valence-corrected chi connectivity index (χ2v) is 9.07. The smallest absolute Gasteiger partial charge is 0.273 e. The van der Waals surface area contributed by atoms with E-state index in [1.807, 2.05) is 0 Å². The van der Waals surface area contributed by atoms with Crippen LogP contribution in [0.2, 0.25) is 0 Å². The summed E-state index contributed by atoms with van der Waals surface area (Å²) in [5.74, 6) is -0.392. The number of ether oxygens (including phenoxy) is 1. The number of amides is 3. The quantitative estimate of drug-likeness (QED) is 0.331. The molecule has 1 aliphatic rings. The Morgan fingerprint density at radius 2 is 1.67 bits per heavy atom. The zero-order valence-electron chi connectivity index (χ0n) is 18.8. The van der Waals surface area contributed by atoms with E-state index in [1.165, 1.54) is 6.42 Å². The fourth-order valence-electron chi connectivity index (χ4n) is 3.70. The van der Waals surface area contributed by atoms with E-state index >= 15 is 0 Å². The Balaban J connectivity index is 1.54. The van der Waals surface area contributed by atoms with Crippen LogP contribution in [-0.2, 0) is 4.79 Å². The van der Waals surface area contributed by atoms with Gasteiger partial charge < -0.3 is 10.1 Å². The summed E-state index contributed by atoms with van der Waals surface area (Å²) in [5.41, 5.74) is 6.19. The first-order valence-electron chi connectivity index (χ1n) is 11.4. The van der Waals surface area contributed by atoms with Gasteiger partial charge in [-0.15, -0.1) is 0 Å². The van der Waals surface area contributed by atoms with Crippen molar-refractivity contribution in [3.8, 4) is 5.75 Å². The first-order valence-corrected chi connectivity index (χ1v) is 12.2. The molecule has 3 rings (SSSR count). The van der Waals surface area contributed by atoms with Gasteiger partial charge in [-0.25, -0.2) is 0 Å². The molecule has 3 N–H and O–H groups in total. The van der Waals surface area contributed by atoms with Crippen LogP contribution in [0.25, 0.3) is 0 Å². The summed E-state index contributed by atoms with van der Waals surface area (Å²) in [6, 6.07) is 11.7. The van der Waals surface area contributed by atoms with E-state index in [1.54, 1.807) is 42.5 Å². The number of hydrogen-bond donors (Lipinski definition) is 3. The average molecular weight is 516 g/mol. The van der Waals surface area contributed by atoms with Crippen molar-refractivity contribution in [1.82, 2.24) is 10.9 Å². The highest BCUT2D eigenvalue weighted by molar-refractivity contribution is 9.10. The SMILES string of the molecule is CCCCOc1ccc(Br)cc1C(=O)NNC(=O)c1ccc(NC(=O)C2CCCCC2)cc1. The summed E-state index contributed by atoms with van der Waals surface area (Å²) in [6.45, 7) is 2.57. The van der Waals surface area contributed by atoms with Crippen molar-refractivity contribution in [2.24, 2.45) is 5.92 Å². The van der Waals surface area contributed by atoms with Crippen molar-refractivity contribution >= 4 is 39.3 Å². The molecule has 0 heterocycles. The van der Waals surface area contributed by atoms with E-state index < -0.39 is 11.8 Å². The van der Waals surface area contributed by atoms with Gasteiger partial charge in [0.1, 0.15) is 5.75 Å². The van der Waals surface area contributed by atoms with Crippen LogP contribution in [-0.4, -0.2) is 24.3 Å². The molecule has 176 valence electrons. The molecule has 1 saturated carbocycles. The molecule has 1 fully saturated rings. The molecule has 1 aliphatic carbocycles. The molecule has 0 bridgehead atoms. The Bertz CT molecular complexity index is 972. The molecule has 0 aliphatic heterocycles. The van der Waals surface area contributed by atoms with Crippen LogP contribution in [0, 0.1) is 5.92 Å². The maximum atomic E-state index is 12.6. The minimum absolute atomic E-state index is 0.0325. The zero-order chi connectivity index (χ0) is 23.6. The Hall–Kier alpha value is -2.87. The van der Waals surface area contributed by atoms with Gasteiger partial charge in [0.05, 0.1) is 12.2 Å². The molecule has 0 atom stereocenters. The van der Waals surface area contributed by atoms with Gasteiger partial charge in [-0.05, 0) is 61.7 Å². The molecule has 0 radical (unpaired) electrons. The van der Waals surface area contributed by atoms with Gasteiger partial charge >= 0.3 is 0 Å². The van der Waals surface area contributed by atoms with Crippen LogP contribution in [0.1, 0.15) is 72.6 Å². The van der Waals surface area contributed by atoms with Crippen molar-refractivity contribution in [2.45, 2.75) is 51.9 Å². The summed E-state index contributed by atoms with van der Waals surface area (Å²) in [5, 5.41) is 2.92. The lowest BCUT2D eigenvalue weighted by Crippen LogP contribution is -2.41. The third kappa shape index (κ3) is 7.32. The summed E-state index contributed by atoms with van der Waals surface area (Å²) >= 11 is 3.36. The Labute approximate surface area is 202 Å². The van der Waals surface area contributed by atoms with Gasteiger partial charge in [0.15, 0.2) is 0 Å². The molecule has 33 heavy (non-hydrogen) atoms. The number of anilines is 1. The maximum Gasteiger partial charge on any atom is 0.273 e. The number of halogens is 1. The van der Waals surface area contributed by atoms with Gasteiger partial charge in [-0.2, -0.15) is 0 Å². The summed E-state index contributed by atoms with van der Waals surface area (Å²) in [6.07, 6.45) is 7.09. The van der Waals surface area contributed by atoms with Gasteiger partial charge in [-0.3, -0.25) is 25.2 Å². The van der Waals surface area contributed by atoms with Gasteiger partial charge in [0.2, 0.25) is 5.91 Å². The summed E-state index contributed by atoms with van der Waals surface area (Å²) in [7, 11) is 0. The third-order valence-corrected chi connectivity index (χ3v) is 6.12. The Morgan fingerprint density at radius 1 is 0.970 bits per heavy atom. The van der Waals surface area contributed by atoms with E-state index in [9.17, 15) is 14.4 Å². The molecule has 8 heteroatoms. The number of hydrazine groups is 1. The predicted octanol–water partition coefficient (Wildman–Crippen LogP) is 5.22. The highest BCUT2D eigenvalue weighted by Gasteiger charge is 2.21. The first-order chi connectivity index (χ1) is 16.0. The Kier molecular flexibility index (Phi) is 9.30. The third-order valence-electron chi connectivity index (χ3n) is 5.62. The van der Waals surface area contributed by atoms with E-state index in [4.69, 9.17) is 4.74 Å². The molecule has 0 saturated heterocycles. The molecular formula is C25H30BrN3O4. The molecule has 2 aromatic carbocycles. The minimum Gasteiger partial charge on any atom is -0.493 e. The van der Waals surface area contributed by atoms with Crippen molar-refractivity contribution in [3.05, 3.63) is 58.1 Å². The van der Waals surface area contributed by atoms with Gasteiger partial charge in [-0.1, -0.05) is 48.5 Å². The number of benzene rings is 2. The topological polar surface area (TPSA) is 96.5 Å². The van der Waals surface area contributed by atoms with E-state index in [2.05, 4.69) is 39.0 Å². The lowest BCUT2D eigenvalue weighted by atomic mass is 9.88. The molecule has 0 aromatic heterocycles. The molecule has 0 spiro atoms. The largest absolute Gasteiger partial charge is 0.493 e. The fourth-order valence-corrected chi connectivity index (χ4v) is 4.06. The molecule has 2 aromatic rings. The number of unbranched alkanes of at least 4 members (excludes halogenated alkanes) is 1. The molecule has 7 nitrogen and oxygen atoms in total. The predicted molar refractivity (Wildman–Crippen MR) is 131 cm³/mol. The molecule has 3 amide bonds. The van der Waals surface area contributed by atoms with Crippen LogP contribution in [0.4, 0.5) is 5.69 Å². The van der Waals surface area contributed by atoms with Crippen molar-refractivity contribution in [1.29, 1.82) is 0 Å². The molecular weight excluding hydrogens is 486 g/mol. The highest BCUT2D eigenvalue weighted by atomic mass is 79.9. The van der Waals surface area contributed by atoms with Crippen LogP contribution in [0.3, 0.4) is 0 Å². The van der Waals surface area contributed by atoms with E-state index in [0.717, 1.165) is 43.0 Å². The maximum absolute atomic E-state index is 12.6. The number of rotatable bonds is 8. The highest BCUT2D eigenvalue weighted by Crippen LogP contribution is 2.25. The second-order valence-electron chi connectivity index (χ2n) is 8.15. The number of carbonyl (C=O) groups excluding carboxylic acids is 3. The number of hydrogen-bond acceptors (Lipinski definition) is 4. The molecule has 0 unspecified atom stereocenters. The van der Waals surface area contributed by atoms with Crippen molar-refractivity contribution in [2.75, 3.05) is 11.9 Å². The zero-order valence-corrected chi connectivity index (χ0v) is 20.4. The summed E-state index contributed by atoms with van der Waals surface area (Å²) in [4.78, 5) is 37.5. The second kappa shape index (κ2) is 12.4. The van der Waals surface area contributed by atoms with Crippen molar-refractivity contribution < 1.29 is 19.1 Å². The average Bonchev–Trinajstić information content (AvgIpc) is 2.84. The van der Waals surface area contributed by atoms with Gasteiger partial charge in [0, 0.05) is 21.6 Å². The van der Waals surface area contributed by atoms with Crippen molar-refractivity contribution in [3.63, 3.8) is 0 Å². The van der Waals surface area contributed by atoms with Gasteiger partial charge in [0.25, 0.3) is 11.8 Å². The minimum atomic E-state index is -0.479. The Morgan fingerprint density at radius 3 is 2.36 bits per heavy atom.